The van der Waals surface area contributed by atoms with Gasteiger partial charge >= 0.3 is 0 Å². The predicted octanol–water partition coefficient (Wildman–Crippen LogP) is 4.08. The molecule has 0 saturated carbocycles. The zero-order valence-electron chi connectivity index (χ0n) is 14.7. The van der Waals surface area contributed by atoms with Crippen LogP contribution in [-0.4, -0.2) is 20.5 Å². The summed E-state index contributed by atoms with van der Waals surface area (Å²) in [4.78, 5) is 4.12. The summed E-state index contributed by atoms with van der Waals surface area (Å²) in [7, 11) is -2.27. The fraction of sp³-hybridized carbons (Fsp3) is 0.105. The van der Waals surface area contributed by atoms with Gasteiger partial charge in [-0.3, -0.25) is 4.72 Å². The number of nitrogens with zero attached hydrogens (tertiary/aromatic N) is 1. The molecule has 0 aliphatic rings. The molecule has 1 aromatic heterocycles. The van der Waals surface area contributed by atoms with Crippen molar-refractivity contribution in [1.82, 2.24) is 4.98 Å². The summed E-state index contributed by atoms with van der Waals surface area (Å²) in [6, 6.07) is 14.1. The smallest absolute Gasteiger partial charge is 0.263 e. The number of anilines is 3. The normalized spacial score (nSPS) is 11.1. The zero-order valence-corrected chi connectivity index (χ0v) is 15.5. The first kappa shape index (κ1) is 18.7. The van der Waals surface area contributed by atoms with Gasteiger partial charge in [-0.25, -0.2) is 17.8 Å². The molecule has 0 aliphatic carbocycles. The molecular weight excluding hydrogens is 369 g/mol. The summed E-state index contributed by atoms with van der Waals surface area (Å²) in [5, 5.41) is 3.15. The monoisotopic (exact) mass is 387 g/mol. The molecule has 0 saturated heterocycles. The quantitative estimate of drug-likeness (QED) is 0.666. The Bertz CT molecular complexity index is 1050. The molecule has 3 rings (SSSR count). The van der Waals surface area contributed by atoms with Crippen molar-refractivity contribution >= 4 is 27.2 Å². The van der Waals surface area contributed by atoms with E-state index < -0.39 is 15.8 Å². The number of sulfonamides is 1. The number of benzene rings is 2. The molecule has 0 spiro atoms. The van der Waals surface area contributed by atoms with Gasteiger partial charge in [0.1, 0.15) is 17.4 Å². The fourth-order valence-corrected chi connectivity index (χ4v) is 3.74. The number of aromatic nitrogens is 1. The number of methoxy groups -OCH3 is 1. The highest BCUT2D eigenvalue weighted by atomic mass is 32.2. The highest BCUT2D eigenvalue weighted by Crippen LogP contribution is 2.23. The molecule has 0 radical (unpaired) electrons. The van der Waals surface area contributed by atoms with Crippen molar-refractivity contribution in [2.24, 2.45) is 0 Å². The Balaban J connectivity index is 1.75. The van der Waals surface area contributed by atoms with Crippen molar-refractivity contribution in [3.63, 3.8) is 0 Å². The van der Waals surface area contributed by atoms with Gasteiger partial charge in [0.25, 0.3) is 10.0 Å². The fourth-order valence-electron chi connectivity index (χ4n) is 2.50. The second-order valence-corrected chi connectivity index (χ2v) is 7.46. The van der Waals surface area contributed by atoms with Crippen LogP contribution >= 0.6 is 0 Å². The van der Waals surface area contributed by atoms with E-state index in [0.717, 1.165) is 11.8 Å². The van der Waals surface area contributed by atoms with Gasteiger partial charge in [-0.15, -0.1) is 0 Å². The van der Waals surface area contributed by atoms with E-state index in [1.165, 1.54) is 25.3 Å². The van der Waals surface area contributed by atoms with E-state index >= 15 is 0 Å². The van der Waals surface area contributed by atoms with Gasteiger partial charge in [-0.2, -0.15) is 0 Å². The van der Waals surface area contributed by atoms with E-state index in [1.807, 2.05) is 24.3 Å². The molecule has 3 aromatic rings. The van der Waals surface area contributed by atoms with Crippen LogP contribution in [0.4, 0.5) is 21.6 Å². The first-order chi connectivity index (χ1) is 12.9. The summed E-state index contributed by atoms with van der Waals surface area (Å²) >= 11 is 0. The number of halogens is 1. The summed E-state index contributed by atoms with van der Waals surface area (Å²) < 4.78 is 45.7. The topological polar surface area (TPSA) is 80.3 Å². The minimum absolute atomic E-state index is 0.00396. The van der Waals surface area contributed by atoms with Crippen LogP contribution in [0.3, 0.4) is 0 Å². The van der Waals surface area contributed by atoms with Crippen molar-refractivity contribution in [3.8, 4) is 5.75 Å². The van der Waals surface area contributed by atoms with Gasteiger partial charge in [0.2, 0.25) is 0 Å². The third-order valence-corrected chi connectivity index (χ3v) is 5.30. The maximum absolute atomic E-state index is 13.2. The van der Waals surface area contributed by atoms with Crippen LogP contribution in [-0.2, 0) is 10.0 Å². The summed E-state index contributed by atoms with van der Waals surface area (Å²) in [5.74, 6) is 0.388. The lowest BCUT2D eigenvalue weighted by atomic mass is 10.2. The molecule has 0 fully saturated rings. The maximum atomic E-state index is 13.2. The van der Waals surface area contributed by atoms with E-state index in [0.29, 0.717) is 17.0 Å². The predicted molar refractivity (Wildman–Crippen MR) is 102 cm³/mol. The molecular formula is C19H18FN3O3S. The number of pyridine rings is 1. The van der Waals surface area contributed by atoms with Crippen LogP contribution in [0.1, 0.15) is 5.56 Å². The molecule has 8 heteroatoms. The minimum atomic E-state index is -3.86. The number of aryl methyl sites for hydroxylation is 1. The third-order valence-electron chi connectivity index (χ3n) is 3.79. The largest absolute Gasteiger partial charge is 0.497 e. The Labute approximate surface area is 157 Å². The molecule has 0 atom stereocenters. The van der Waals surface area contributed by atoms with Crippen LogP contribution in [0.15, 0.2) is 65.7 Å². The number of nitrogens with one attached hydrogen (secondary N) is 2. The van der Waals surface area contributed by atoms with Gasteiger partial charge in [0.05, 0.1) is 23.9 Å². The molecule has 1 heterocycles. The standard InChI is InChI=1S/C19H18FN3O3S/c1-13-10-14(20)6-8-18(13)27(24,25)23-19-9-7-16(12-21-19)22-15-4-3-5-17(11-15)26-2/h3-12,22H,1-2H3,(H,21,23). The van der Waals surface area contributed by atoms with Gasteiger partial charge in [-0.05, 0) is 55.0 Å². The first-order valence-electron chi connectivity index (χ1n) is 8.03. The van der Waals surface area contributed by atoms with Crippen molar-refractivity contribution < 1.29 is 17.5 Å². The molecule has 2 aromatic carbocycles. The first-order valence-corrected chi connectivity index (χ1v) is 9.52. The Morgan fingerprint density at radius 3 is 2.52 bits per heavy atom. The molecule has 6 nitrogen and oxygen atoms in total. The van der Waals surface area contributed by atoms with Crippen molar-refractivity contribution in [2.75, 3.05) is 17.1 Å². The van der Waals surface area contributed by atoms with Gasteiger partial charge in [-0.1, -0.05) is 6.07 Å². The lowest BCUT2D eigenvalue weighted by Gasteiger charge is -2.11. The zero-order chi connectivity index (χ0) is 19.4. The molecule has 2 N–H and O–H groups in total. The lowest BCUT2D eigenvalue weighted by molar-refractivity contribution is 0.415. The van der Waals surface area contributed by atoms with Gasteiger partial charge in [0.15, 0.2) is 0 Å². The number of hydrogen-bond acceptors (Lipinski definition) is 5. The van der Waals surface area contributed by atoms with E-state index in [9.17, 15) is 12.8 Å². The summed E-state index contributed by atoms with van der Waals surface area (Å²) in [5.41, 5.74) is 1.81. The average Bonchev–Trinajstić information content (AvgIpc) is 2.63. The van der Waals surface area contributed by atoms with E-state index in [1.54, 1.807) is 19.2 Å². The van der Waals surface area contributed by atoms with Crippen LogP contribution < -0.4 is 14.8 Å². The number of rotatable bonds is 6. The lowest BCUT2D eigenvalue weighted by Crippen LogP contribution is -2.15. The van der Waals surface area contributed by atoms with Crippen LogP contribution in [0, 0.1) is 12.7 Å². The highest BCUT2D eigenvalue weighted by Gasteiger charge is 2.17. The second kappa shape index (κ2) is 7.63. The highest BCUT2D eigenvalue weighted by molar-refractivity contribution is 7.92. The molecule has 0 amide bonds. The second-order valence-electron chi connectivity index (χ2n) is 5.80. The molecule has 0 unspecified atom stereocenters. The Kier molecular flexibility index (Phi) is 5.27. The van der Waals surface area contributed by atoms with E-state index in [4.69, 9.17) is 4.74 Å². The van der Waals surface area contributed by atoms with E-state index in [-0.39, 0.29) is 10.7 Å². The molecule has 140 valence electrons. The Morgan fingerprint density at radius 1 is 1.04 bits per heavy atom. The van der Waals surface area contributed by atoms with E-state index in [2.05, 4.69) is 15.0 Å². The van der Waals surface area contributed by atoms with Gasteiger partial charge in [0, 0.05) is 11.8 Å². The Morgan fingerprint density at radius 2 is 1.85 bits per heavy atom. The third kappa shape index (κ3) is 4.53. The van der Waals surface area contributed by atoms with Crippen molar-refractivity contribution in [3.05, 3.63) is 72.2 Å². The van der Waals surface area contributed by atoms with Crippen molar-refractivity contribution in [1.29, 1.82) is 0 Å². The van der Waals surface area contributed by atoms with Crippen LogP contribution in [0.25, 0.3) is 0 Å². The van der Waals surface area contributed by atoms with Crippen LogP contribution in [0.5, 0.6) is 5.75 Å². The molecule has 0 bridgehead atoms. The molecule has 0 aliphatic heterocycles. The Hall–Kier alpha value is -3.13. The molecule has 27 heavy (non-hydrogen) atoms. The summed E-state index contributed by atoms with van der Waals surface area (Å²) in [6.07, 6.45) is 1.51. The van der Waals surface area contributed by atoms with Crippen molar-refractivity contribution in [2.45, 2.75) is 11.8 Å². The van der Waals surface area contributed by atoms with Crippen LogP contribution in [0.2, 0.25) is 0 Å². The minimum Gasteiger partial charge on any atom is -0.497 e. The maximum Gasteiger partial charge on any atom is 0.263 e. The summed E-state index contributed by atoms with van der Waals surface area (Å²) in [6.45, 7) is 1.53. The number of ether oxygens (including phenoxy) is 1. The SMILES string of the molecule is COc1cccc(Nc2ccc(NS(=O)(=O)c3ccc(F)cc3C)nc2)c1. The number of hydrogen-bond donors (Lipinski definition) is 2. The van der Waals surface area contributed by atoms with Gasteiger partial charge < -0.3 is 10.1 Å². The average molecular weight is 387 g/mol.